The molecule has 0 aromatic carbocycles. The van der Waals surface area contributed by atoms with Crippen LogP contribution in [0.2, 0.25) is 0 Å². The lowest BCUT2D eigenvalue weighted by atomic mass is 9.82. The van der Waals surface area contributed by atoms with Crippen LogP contribution in [0, 0.1) is 5.92 Å². The van der Waals surface area contributed by atoms with Crippen molar-refractivity contribution in [2.24, 2.45) is 17.4 Å². The van der Waals surface area contributed by atoms with Crippen molar-refractivity contribution in [3.05, 3.63) is 22.7 Å². The Labute approximate surface area is 110 Å². The second-order valence-corrected chi connectivity index (χ2v) is 5.70. The molecule has 1 aromatic heterocycles. The minimum Gasteiger partial charge on any atom is -0.328 e. The van der Waals surface area contributed by atoms with Gasteiger partial charge in [0.1, 0.15) is 4.60 Å². The zero-order chi connectivity index (χ0) is 12.3. The molecule has 1 aliphatic rings. The van der Waals surface area contributed by atoms with Crippen LogP contribution in [0.5, 0.6) is 0 Å². The predicted octanol–water partition coefficient (Wildman–Crippen LogP) is 2.15. The van der Waals surface area contributed by atoms with E-state index in [9.17, 15) is 0 Å². The van der Waals surface area contributed by atoms with Gasteiger partial charge in [-0.15, -0.1) is 0 Å². The summed E-state index contributed by atoms with van der Waals surface area (Å²) in [7, 11) is 0. The molecule has 1 saturated carbocycles. The third-order valence-electron chi connectivity index (χ3n) is 3.50. The second kappa shape index (κ2) is 5.89. The molecule has 0 aliphatic heterocycles. The van der Waals surface area contributed by atoms with Crippen LogP contribution in [-0.4, -0.2) is 16.0 Å². The Bertz CT molecular complexity index is 346. The molecule has 5 heteroatoms. The van der Waals surface area contributed by atoms with E-state index in [1.165, 1.54) is 12.8 Å². The Balaban J connectivity index is 1.88. The monoisotopic (exact) mass is 298 g/mol. The van der Waals surface area contributed by atoms with Gasteiger partial charge in [-0.2, -0.15) is 0 Å². The van der Waals surface area contributed by atoms with Crippen LogP contribution in [0.25, 0.3) is 0 Å². The molecule has 17 heavy (non-hydrogen) atoms. The highest BCUT2D eigenvalue weighted by Gasteiger charge is 2.21. The van der Waals surface area contributed by atoms with Gasteiger partial charge in [-0.25, -0.2) is 4.98 Å². The summed E-state index contributed by atoms with van der Waals surface area (Å²) in [6, 6.07) is 0.393. The maximum Gasteiger partial charge on any atom is 0.124 e. The van der Waals surface area contributed by atoms with Crippen molar-refractivity contribution in [3.63, 3.8) is 0 Å². The molecule has 0 bridgehead atoms. The third kappa shape index (κ3) is 3.72. The van der Waals surface area contributed by atoms with E-state index >= 15 is 0 Å². The summed E-state index contributed by atoms with van der Waals surface area (Å²) in [6.07, 6.45) is 9.09. The van der Waals surface area contributed by atoms with E-state index in [2.05, 4.69) is 25.9 Å². The molecule has 4 nitrogen and oxygen atoms in total. The number of aromatic nitrogens is 2. The summed E-state index contributed by atoms with van der Waals surface area (Å²) in [5, 5.41) is 0. The molecular weight excluding hydrogens is 280 g/mol. The fourth-order valence-electron chi connectivity index (χ4n) is 2.42. The van der Waals surface area contributed by atoms with E-state index in [0.29, 0.717) is 12.0 Å². The highest BCUT2D eigenvalue weighted by Crippen LogP contribution is 2.29. The second-order valence-electron chi connectivity index (χ2n) is 4.89. The Kier molecular flexibility index (Phi) is 4.48. The average Bonchev–Trinajstić information content (AvgIpc) is 2.33. The lowest BCUT2D eigenvalue weighted by Gasteiger charge is -2.27. The fraction of sp³-hybridized carbons (Fsp3) is 0.667. The normalized spacial score (nSPS) is 26.8. The van der Waals surface area contributed by atoms with Gasteiger partial charge in [0, 0.05) is 12.1 Å². The number of nitrogens with two attached hydrogens (primary N) is 2. The van der Waals surface area contributed by atoms with Gasteiger partial charge in [0.2, 0.25) is 0 Å². The Morgan fingerprint density at radius 3 is 2.53 bits per heavy atom. The summed E-state index contributed by atoms with van der Waals surface area (Å²) in [5.41, 5.74) is 12.9. The van der Waals surface area contributed by atoms with Crippen molar-refractivity contribution in [1.82, 2.24) is 9.97 Å². The van der Waals surface area contributed by atoms with Crippen LogP contribution >= 0.6 is 15.9 Å². The topological polar surface area (TPSA) is 77.8 Å². The summed E-state index contributed by atoms with van der Waals surface area (Å²) in [5.74, 6) is 0.690. The predicted molar refractivity (Wildman–Crippen MR) is 71.2 cm³/mol. The van der Waals surface area contributed by atoms with Crippen LogP contribution in [0.4, 0.5) is 0 Å². The smallest absolute Gasteiger partial charge is 0.124 e. The molecule has 94 valence electrons. The van der Waals surface area contributed by atoms with Gasteiger partial charge < -0.3 is 11.5 Å². The quantitative estimate of drug-likeness (QED) is 0.896. The van der Waals surface area contributed by atoms with Gasteiger partial charge in [-0.05, 0) is 54.0 Å². The Hall–Kier alpha value is -0.520. The molecule has 0 saturated heterocycles. The average molecular weight is 299 g/mol. The SMILES string of the molecule is NC1CCC(CC(N)c2cnc(Br)cn2)CC1. The summed E-state index contributed by atoms with van der Waals surface area (Å²) >= 11 is 3.27. The minimum absolute atomic E-state index is 0.00470. The molecule has 1 atom stereocenters. The molecule has 1 heterocycles. The maximum atomic E-state index is 6.16. The zero-order valence-electron chi connectivity index (χ0n) is 9.85. The Morgan fingerprint density at radius 1 is 1.24 bits per heavy atom. The van der Waals surface area contributed by atoms with Crippen molar-refractivity contribution < 1.29 is 0 Å². The van der Waals surface area contributed by atoms with Gasteiger partial charge in [-0.1, -0.05) is 0 Å². The van der Waals surface area contributed by atoms with Crippen LogP contribution < -0.4 is 11.5 Å². The van der Waals surface area contributed by atoms with Crippen molar-refractivity contribution >= 4 is 15.9 Å². The molecule has 0 amide bonds. The largest absolute Gasteiger partial charge is 0.328 e. The molecule has 1 unspecified atom stereocenters. The number of nitrogens with zero attached hydrogens (tertiary/aromatic N) is 2. The van der Waals surface area contributed by atoms with E-state index in [4.69, 9.17) is 11.5 Å². The molecule has 1 fully saturated rings. The first-order valence-corrected chi connectivity index (χ1v) is 6.93. The highest BCUT2D eigenvalue weighted by molar-refractivity contribution is 9.10. The van der Waals surface area contributed by atoms with Crippen LogP contribution in [0.1, 0.15) is 43.8 Å². The van der Waals surface area contributed by atoms with Crippen LogP contribution in [0.3, 0.4) is 0 Å². The van der Waals surface area contributed by atoms with Crippen LogP contribution in [-0.2, 0) is 0 Å². The highest BCUT2D eigenvalue weighted by atomic mass is 79.9. The molecule has 2 rings (SSSR count). The molecule has 1 aromatic rings. The number of hydrogen-bond acceptors (Lipinski definition) is 4. The molecule has 1 aliphatic carbocycles. The summed E-state index contributed by atoms with van der Waals surface area (Å²) < 4.78 is 0.747. The van der Waals surface area contributed by atoms with Crippen molar-refractivity contribution in [3.8, 4) is 0 Å². The molecule has 0 radical (unpaired) electrons. The zero-order valence-corrected chi connectivity index (χ0v) is 11.4. The van der Waals surface area contributed by atoms with E-state index < -0.39 is 0 Å². The summed E-state index contributed by atoms with van der Waals surface area (Å²) in [6.45, 7) is 0. The van der Waals surface area contributed by atoms with Gasteiger partial charge in [-0.3, -0.25) is 4.98 Å². The van der Waals surface area contributed by atoms with Gasteiger partial charge in [0.15, 0.2) is 0 Å². The van der Waals surface area contributed by atoms with Crippen molar-refractivity contribution in [2.75, 3.05) is 0 Å². The lowest BCUT2D eigenvalue weighted by Crippen LogP contribution is -2.28. The van der Waals surface area contributed by atoms with Gasteiger partial charge in [0.25, 0.3) is 0 Å². The van der Waals surface area contributed by atoms with E-state index in [1.807, 2.05) is 0 Å². The Morgan fingerprint density at radius 2 is 1.94 bits per heavy atom. The molecule has 4 N–H and O–H groups in total. The standard InChI is InChI=1S/C12H19BrN4/c13-12-7-16-11(6-17-12)10(15)5-8-1-3-9(14)4-2-8/h6-10H,1-5,14-15H2. The number of rotatable bonds is 3. The van der Waals surface area contributed by atoms with Gasteiger partial charge in [0.05, 0.1) is 18.1 Å². The first kappa shape index (κ1) is 12.9. The molecular formula is C12H19BrN4. The number of hydrogen-bond donors (Lipinski definition) is 2. The minimum atomic E-state index is -0.00470. The lowest BCUT2D eigenvalue weighted by molar-refractivity contribution is 0.293. The van der Waals surface area contributed by atoms with E-state index in [1.54, 1.807) is 12.4 Å². The number of halogens is 1. The van der Waals surface area contributed by atoms with Crippen molar-refractivity contribution in [1.29, 1.82) is 0 Å². The summed E-state index contributed by atoms with van der Waals surface area (Å²) in [4.78, 5) is 8.46. The first-order valence-electron chi connectivity index (χ1n) is 6.13. The maximum absolute atomic E-state index is 6.16. The van der Waals surface area contributed by atoms with E-state index in [-0.39, 0.29) is 6.04 Å². The van der Waals surface area contributed by atoms with Gasteiger partial charge >= 0.3 is 0 Å². The fourth-order valence-corrected chi connectivity index (χ4v) is 2.62. The first-order chi connectivity index (χ1) is 8.15. The third-order valence-corrected chi connectivity index (χ3v) is 3.91. The van der Waals surface area contributed by atoms with Crippen molar-refractivity contribution in [2.45, 2.75) is 44.2 Å². The van der Waals surface area contributed by atoms with E-state index in [0.717, 1.165) is 29.6 Å². The van der Waals surface area contributed by atoms with Crippen LogP contribution in [0.15, 0.2) is 17.0 Å². The molecule has 0 spiro atoms.